The average molecular weight is 329 g/mol. The number of aryl methyl sites for hydroxylation is 1. The first-order chi connectivity index (χ1) is 10.8. The van der Waals surface area contributed by atoms with Gasteiger partial charge in [0.05, 0.1) is 10.4 Å². The third kappa shape index (κ3) is 2.47. The van der Waals surface area contributed by atoms with Crippen LogP contribution >= 0.6 is 0 Å². The Morgan fingerprint density at radius 1 is 0.957 bits per heavy atom. The van der Waals surface area contributed by atoms with Crippen molar-refractivity contribution in [3.63, 3.8) is 0 Å². The van der Waals surface area contributed by atoms with Gasteiger partial charge in [0.15, 0.2) is 0 Å². The van der Waals surface area contributed by atoms with E-state index in [0.29, 0.717) is 16.6 Å². The molecule has 23 heavy (non-hydrogen) atoms. The smallest absolute Gasteiger partial charge is 0.423 e. The molecule has 1 heterocycles. The lowest BCUT2D eigenvalue weighted by molar-refractivity contribution is 0.426. The molecule has 0 aliphatic heterocycles. The van der Waals surface area contributed by atoms with Gasteiger partial charge < -0.3 is 10.0 Å². The van der Waals surface area contributed by atoms with E-state index in [9.17, 15) is 18.5 Å². The van der Waals surface area contributed by atoms with Crippen molar-refractivity contribution in [2.75, 3.05) is 0 Å². The van der Waals surface area contributed by atoms with E-state index >= 15 is 0 Å². The normalized spacial score (nSPS) is 11.8. The van der Waals surface area contributed by atoms with Crippen molar-refractivity contribution in [2.45, 2.75) is 18.7 Å². The molecule has 0 atom stereocenters. The van der Waals surface area contributed by atoms with Crippen LogP contribution in [0.1, 0.15) is 11.3 Å². The number of para-hydroxylation sites is 1. The SMILES string of the molecule is Cc1ccc(S(=O)(=O)n2c(C)c(B(O)O)c3ccccc32)cc1. The van der Waals surface area contributed by atoms with E-state index in [0.717, 1.165) is 5.56 Å². The van der Waals surface area contributed by atoms with Gasteiger partial charge in [-0.1, -0.05) is 35.9 Å². The highest BCUT2D eigenvalue weighted by Gasteiger charge is 2.28. The zero-order valence-corrected chi connectivity index (χ0v) is 13.6. The fraction of sp³-hybridized carbons (Fsp3) is 0.125. The third-order valence-corrected chi connectivity index (χ3v) is 5.74. The van der Waals surface area contributed by atoms with Gasteiger partial charge in [-0.2, -0.15) is 0 Å². The van der Waals surface area contributed by atoms with Gasteiger partial charge in [-0.3, -0.25) is 0 Å². The molecule has 0 aliphatic rings. The molecule has 7 heteroatoms. The van der Waals surface area contributed by atoms with E-state index in [1.807, 2.05) is 6.92 Å². The van der Waals surface area contributed by atoms with Gasteiger partial charge in [0, 0.05) is 16.5 Å². The fourth-order valence-corrected chi connectivity index (χ4v) is 4.38. The summed E-state index contributed by atoms with van der Waals surface area (Å²) in [5, 5.41) is 19.8. The van der Waals surface area contributed by atoms with E-state index in [1.165, 1.54) is 3.97 Å². The van der Waals surface area contributed by atoms with E-state index in [1.54, 1.807) is 55.5 Å². The molecular formula is C16H16BNO4S. The quantitative estimate of drug-likeness (QED) is 0.707. The van der Waals surface area contributed by atoms with Crippen LogP contribution in [0.5, 0.6) is 0 Å². The minimum absolute atomic E-state index is 0.158. The van der Waals surface area contributed by atoms with Crippen LogP contribution in [-0.2, 0) is 10.0 Å². The number of nitrogens with zero attached hydrogens (tertiary/aromatic N) is 1. The summed E-state index contributed by atoms with van der Waals surface area (Å²) in [6.07, 6.45) is 0. The molecule has 118 valence electrons. The molecular weight excluding hydrogens is 313 g/mol. The molecule has 5 nitrogen and oxygen atoms in total. The highest BCUT2D eigenvalue weighted by atomic mass is 32.2. The lowest BCUT2D eigenvalue weighted by atomic mass is 9.78. The molecule has 0 aliphatic carbocycles. The summed E-state index contributed by atoms with van der Waals surface area (Å²) in [6, 6.07) is 13.3. The molecule has 0 spiro atoms. The second-order valence-corrected chi connectivity index (χ2v) is 7.26. The van der Waals surface area contributed by atoms with E-state index < -0.39 is 17.1 Å². The second-order valence-electron chi connectivity index (χ2n) is 5.47. The van der Waals surface area contributed by atoms with E-state index in [2.05, 4.69) is 0 Å². The Labute approximate surface area is 135 Å². The van der Waals surface area contributed by atoms with Crippen LogP contribution in [0, 0.1) is 13.8 Å². The summed E-state index contributed by atoms with van der Waals surface area (Å²) < 4.78 is 27.2. The molecule has 1 aromatic heterocycles. The van der Waals surface area contributed by atoms with Crippen molar-refractivity contribution in [3.05, 3.63) is 59.8 Å². The Balaban J connectivity index is 2.36. The van der Waals surface area contributed by atoms with Gasteiger partial charge in [-0.05, 0) is 32.0 Å². The molecule has 0 bridgehead atoms. The lowest BCUT2D eigenvalue weighted by Gasteiger charge is -2.10. The maximum absolute atomic E-state index is 13.0. The summed E-state index contributed by atoms with van der Waals surface area (Å²) in [5.41, 5.74) is 1.89. The van der Waals surface area contributed by atoms with Crippen LogP contribution in [0.4, 0.5) is 0 Å². The van der Waals surface area contributed by atoms with E-state index in [-0.39, 0.29) is 10.4 Å². The van der Waals surface area contributed by atoms with Gasteiger partial charge >= 0.3 is 7.12 Å². The average Bonchev–Trinajstić information content (AvgIpc) is 2.80. The largest absolute Gasteiger partial charge is 0.490 e. The first-order valence-corrected chi connectivity index (χ1v) is 8.56. The van der Waals surface area contributed by atoms with Crippen LogP contribution < -0.4 is 5.46 Å². The summed E-state index contributed by atoms with van der Waals surface area (Å²) in [4.78, 5) is 0.158. The summed E-state index contributed by atoms with van der Waals surface area (Å²) in [7, 11) is -5.57. The molecule has 2 aromatic carbocycles. The zero-order valence-electron chi connectivity index (χ0n) is 12.8. The predicted octanol–water partition coefficient (Wildman–Crippen LogP) is 1.17. The van der Waals surface area contributed by atoms with E-state index in [4.69, 9.17) is 0 Å². The summed E-state index contributed by atoms with van der Waals surface area (Å²) in [5.74, 6) is 0. The maximum Gasteiger partial charge on any atom is 0.490 e. The minimum atomic E-state index is -3.83. The number of fused-ring (bicyclic) bond motifs is 1. The Morgan fingerprint density at radius 3 is 2.17 bits per heavy atom. The number of benzene rings is 2. The number of rotatable bonds is 3. The number of hydrogen-bond acceptors (Lipinski definition) is 4. The van der Waals surface area contributed by atoms with Crippen LogP contribution in [0.2, 0.25) is 0 Å². The number of aromatic nitrogens is 1. The van der Waals surface area contributed by atoms with Gasteiger partial charge in [0.2, 0.25) is 0 Å². The standard InChI is InChI=1S/C16H16BNO4S/c1-11-7-9-13(10-8-11)23(21,22)18-12(2)16(17(19)20)14-5-3-4-6-15(14)18/h3-10,19-20H,1-2H3. The van der Waals surface area contributed by atoms with Crippen molar-refractivity contribution < 1.29 is 18.5 Å². The van der Waals surface area contributed by atoms with Gasteiger partial charge in [-0.15, -0.1) is 0 Å². The zero-order chi connectivity index (χ0) is 16.8. The van der Waals surface area contributed by atoms with Crippen LogP contribution in [-0.4, -0.2) is 29.6 Å². The molecule has 0 fully saturated rings. The first-order valence-electron chi connectivity index (χ1n) is 7.12. The summed E-state index contributed by atoms with van der Waals surface area (Å²) >= 11 is 0. The number of hydrogen-bond donors (Lipinski definition) is 2. The Morgan fingerprint density at radius 2 is 1.57 bits per heavy atom. The van der Waals surface area contributed by atoms with Gasteiger partial charge in [-0.25, -0.2) is 12.4 Å². The molecule has 0 saturated heterocycles. The fourth-order valence-electron chi connectivity index (χ4n) is 2.81. The topological polar surface area (TPSA) is 79.5 Å². The Hall–Kier alpha value is -2.09. The lowest BCUT2D eigenvalue weighted by Crippen LogP contribution is -2.32. The van der Waals surface area contributed by atoms with Crippen molar-refractivity contribution >= 4 is 33.5 Å². The Kier molecular flexibility index (Phi) is 3.79. The van der Waals surface area contributed by atoms with Crippen molar-refractivity contribution in [3.8, 4) is 0 Å². The molecule has 0 unspecified atom stereocenters. The second kappa shape index (κ2) is 5.52. The highest BCUT2D eigenvalue weighted by molar-refractivity contribution is 7.90. The van der Waals surface area contributed by atoms with Gasteiger partial charge in [0.1, 0.15) is 0 Å². The molecule has 2 N–H and O–H groups in total. The monoisotopic (exact) mass is 329 g/mol. The maximum atomic E-state index is 13.0. The predicted molar refractivity (Wildman–Crippen MR) is 90.3 cm³/mol. The van der Waals surface area contributed by atoms with Crippen LogP contribution in [0.3, 0.4) is 0 Å². The molecule has 0 amide bonds. The van der Waals surface area contributed by atoms with Crippen molar-refractivity contribution in [1.29, 1.82) is 0 Å². The molecule has 3 aromatic rings. The first kappa shape index (κ1) is 15.8. The van der Waals surface area contributed by atoms with Crippen molar-refractivity contribution in [1.82, 2.24) is 3.97 Å². The highest BCUT2D eigenvalue weighted by Crippen LogP contribution is 2.24. The molecule has 0 radical (unpaired) electrons. The van der Waals surface area contributed by atoms with Crippen LogP contribution in [0.25, 0.3) is 10.9 Å². The van der Waals surface area contributed by atoms with Crippen LogP contribution in [0.15, 0.2) is 53.4 Å². The molecule has 3 rings (SSSR count). The minimum Gasteiger partial charge on any atom is -0.423 e. The molecule has 0 saturated carbocycles. The van der Waals surface area contributed by atoms with Crippen molar-refractivity contribution in [2.24, 2.45) is 0 Å². The summed E-state index contributed by atoms with van der Waals surface area (Å²) in [6.45, 7) is 3.45. The Bertz CT molecular complexity index is 975. The van der Waals surface area contributed by atoms with Gasteiger partial charge in [0.25, 0.3) is 10.0 Å². The third-order valence-electron chi connectivity index (χ3n) is 3.92.